The standard InChI is InChI=1S/C25H33N3O4S/c1-19(29)26-21-18-20(11-12-25(21)33(3)31)23(30)9-6-7-13-27-14-16-28(17-15-27)22-8-4-5-10-24(22)32-2/h4-5,8,10-12,18H,6-7,9,13-17H2,1-3H3,(H,26,29). The van der Waals surface area contributed by atoms with Gasteiger partial charge in [-0.1, -0.05) is 18.2 Å². The molecule has 1 unspecified atom stereocenters. The summed E-state index contributed by atoms with van der Waals surface area (Å²) in [5, 5.41) is 2.68. The van der Waals surface area contributed by atoms with Crippen LogP contribution in [0.15, 0.2) is 47.4 Å². The second kappa shape index (κ2) is 12.0. The van der Waals surface area contributed by atoms with Crippen molar-refractivity contribution in [1.82, 2.24) is 4.90 Å². The van der Waals surface area contributed by atoms with Crippen molar-refractivity contribution in [2.45, 2.75) is 31.1 Å². The molecule has 33 heavy (non-hydrogen) atoms. The number of unbranched alkanes of at least 4 members (excludes halogenated alkanes) is 1. The van der Waals surface area contributed by atoms with E-state index in [0.717, 1.165) is 57.0 Å². The third-order valence-corrected chi connectivity index (χ3v) is 6.82. The second-order valence-corrected chi connectivity index (χ2v) is 9.58. The number of ketones is 1. The van der Waals surface area contributed by atoms with Gasteiger partial charge in [-0.25, -0.2) is 0 Å². The molecule has 8 heteroatoms. The van der Waals surface area contributed by atoms with E-state index in [2.05, 4.69) is 21.2 Å². The van der Waals surface area contributed by atoms with Crippen LogP contribution in [-0.2, 0) is 15.6 Å². The van der Waals surface area contributed by atoms with Crippen molar-refractivity contribution in [2.24, 2.45) is 0 Å². The van der Waals surface area contributed by atoms with Crippen LogP contribution < -0.4 is 15.0 Å². The summed E-state index contributed by atoms with van der Waals surface area (Å²) < 4.78 is 17.4. The van der Waals surface area contributed by atoms with Crippen LogP contribution in [0, 0.1) is 0 Å². The van der Waals surface area contributed by atoms with Crippen LogP contribution in [0.3, 0.4) is 0 Å². The Labute approximate surface area is 198 Å². The summed E-state index contributed by atoms with van der Waals surface area (Å²) in [6.07, 6.45) is 3.77. The van der Waals surface area contributed by atoms with Gasteiger partial charge in [0.2, 0.25) is 5.91 Å². The summed E-state index contributed by atoms with van der Waals surface area (Å²) in [6, 6.07) is 13.1. The number of carbonyl (C=O) groups excluding carboxylic acids is 2. The third-order valence-electron chi connectivity index (χ3n) is 5.85. The zero-order valence-electron chi connectivity index (χ0n) is 19.6. The van der Waals surface area contributed by atoms with E-state index in [1.54, 1.807) is 31.6 Å². The van der Waals surface area contributed by atoms with Gasteiger partial charge in [0.15, 0.2) is 5.78 Å². The second-order valence-electron chi connectivity index (χ2n) is 8.23. The molecule has 1 aliphatic rings. The van der Waals surface area contributed by atoms with E-state index in [9.17, 15) is 13.8 Å². The van der Waals surface area contributed by atoms with Crippen molar-refractivity contribution in [3.63, 3.8) is 0 Å². The highest BCUT2D eigenvalue weighted by molar-refractivity contribution is 7.84. The molecule has 1 atom stereocenters. The number of rotatable bonds is 10. The number of hydrogen-bond acceptors (Lipinski definition) is 6. The van der Waals surface area contributed by atoms with Gasteiger partial charge in [0.25, 0.3) is 0 Å². The van der Waals surface area contributed by atoms with Gasteiger partial charge >= 0.3 is 0 Å². The number of hydrogen-bond donors (Lipinski definition) is 1. The normalized spacial score (nSPS) is 15.2. The summed E-state index contributed by atoms with van der Waals surface area (Å²) >= 11 is 0. The molecule has 0 spiro atoms. The van der Waals surface area contributed by atoms with E-state index >= 15 is 0 Å². The average Bonchev–Trinajstić information content (AvgIpc) is 2.81. The average molecular weight is 472 g/mol. The predicted octanol–water partition coefficient (Wildman–Crippen LogP) is 3.57. The van der Waals surface area contributed by atoms with Crippen molar-refractivity contribution < 1.29 is 18.5 Å². The van der Waals surface area contributed by atoms with E-state index in [0.29, 0.717) is 22.6 Å². The van der Waals surface area contributed by atoms with Gasteiger partial charge in [-0.2, -0.15) is 0 Å². The number of benzene rings is 2. The largest absolute Gasteiger partial charge is 0.495 e. The molecule has 1 saturated heterocycles. The molecule has 0 aliphatic carbocycles. The Hall–Kier alpha value is -2.71. The van der Waals surface area contributed by atoms with Gasteiger partial charge in [-0.05, 0) is 43.7 Å². The lowest BCUT2D eigenvalue weighted by atomic mass is 10.0. The Kier molecular flexibility index (Phi) is 9.03. The number of carbonyl (C=O) groups is 2. The van der Waals surface area contributed by atoms with E-state index in [-0.39, 0.29) is 11.7 Å². The van der Waals surface area contributed by atoms with Crippen molar-refractivity contribution in [3.05, 3.63) is 48.0 Å². The molecule has 2 aromatic rings. The van der Waals surface area contributed by atoms with Crippen LogP contribution in [0.5, 0.6) is 5.75 Å². The maximum atomic E-state index is 12.7. The molecule has 0 bridgehead atoms. The van der Waals surface area contributed by atoms with Crippen molar-refractivity contribution in [1.29, 1.82) is 0 Å². The van der Waals surface area contributed by atoms with Gasteiger partial charge in [-0.3, -0.25) is 18.7 Å². The molecule has 2 aromatic carbocycles. The number of piperazine rings is 1. The number of Topliss-reactive ketones (excluding diaryl/α,β-unsaturated/α-hetero) is 1. The van der Waals surface area contributed by atoms with Gasteiger partial charge in [-0.15, -0.1) is 0 Å². The van der Waals surface area contributed by atoms with Crippen LogP contribution in [0.1, 0.15) is 36.5 Å². The first-order chi connectivity index (χ1) is 15.9. The first kappa shape index (κ1) is 24.9. The maximum Gasteiger partial charge on any atom is 0.221 e. The first-order valence-corrected chi connectivity index (χ1v) is 12.8. The molecule has 0 radical (unpaired) electrons. The summed E-state index contributed by atoms with van der Waals surface area (Å²) in [6.45, 7) is 6.25. The Morgan fingerprint density at radius 3 is 2.45 bits per heavy atom. The fourth-order valence-electron chi connectivity index (χ4n) is 4.11. The van der Waals surface area contributed by atoms with Crippen LogP contribution in [0.25, 0.3) is 0 Å². The highest BCUT2D eigenvalue weighted by Gasteiger charge is 2.19. The molecule has 1 N–H and O–H groups in total. The lowest BCUT2D eigenvalue weighted by Gasteiger charge is -2.36. The fraction of sp³-hybridized carbons (Fsp3) is 0.440. The highest BCUT2D eigenvalue weighted by atomic mass is 32.2. The number of nitrogens with one attached hydrogen (secondary N) is 1. The van der Waals surface area contributed by atoms with Crippen LogP contribution in [-0.4, -0.2) is 66.9 Å². The van der Waals surface area contributed by atoms with Gasteiger partial charge in [0.05, 0.1) is 34.2 Å². The topological polar surface area (TPSA) is 79.0 Å². The Morgan fingerprint density at radius 1 is 1.06 bits per heavy atom. The lowest BCUT2D eigenvalue weighted by molar-refractivity contribution is -0.114. The Morgan fingerprint density at radius 2 is 1.79 bits per heavy atom. The number of nitrogens with zero attached hydrogens (tertiary/aromatic N) is 2. The van der Waals surface area contributed by atoms with E-state index < -0.39 is 10.8 Å². The molecular formula is C25H33N3O4S. The summed E-state index contributed by atoms with van der Waals surface area (Å²) in [5.41, 5.74) is 2.13. The van der Waals surface area contributed by atoms with Gasteiger partial charge in [0.1, 0.15) is 5.75 Å². The minimum Gasteiger partial charge on any atom is -0.495 e. The molecule has 1 aliphatic heterocycles. The fourth-order valence-corrected chi connectivity index (χ4v) is 4.79. The summed E-state index contributed by atoms with van der Waals surface area (Å²) in [5.74, 6) is 0.692. The summed E-state index contributed by atoms with van der Waals surface area (Å²) in [7, 11) is 0.457. The van der Waals surface area contributed by atoms with Gasteiger partial charge in [0, 0.05) is 51.3 Å². The van der Waals surface area contributed by atoms with Crippen LogP contribution in [0.4, 0.5) is 11.4 Å². The minimum absolute atomic E-state index is 0.0380. The Bertz CT molecular complexity index is 1000. The molecule has 1 amide bonds. The van der Waals surface area contributed by atoms with Gasteiger partial charge < -0.3 is 15.0 Å². The van der Waals surface area contributed by atoms with E-state index in [1.165, 1.54) is 6.92 Å². The minimum atomic E-state index is -1.25. The van der Waals surface area contributed by atoms with E-state index in [4.69, 9.17) is 4.74 Å². The molecule has 1 fully saturated rings. The van der Waals surface area contributed by atoms with Crippen molar-refractivity contribution in [3.8, 4) is 5.75 Å². The quantitative estimate of drug-likeness (QED) is 0.422. The zero-order valence-corrected chi connectivity index (χ0v) is 20.5. The molecule has 7 nitrogen and oxygen atoms in total. The van der Waals surface area contributed by atoms with Crippen molar-refractivity contribution >= 4 is 33.9 Å². The third kappa shape index (κ3) is 6.88. The molecule has 1 heterocycles. The molecule has 178 valence electrons. The Balaban J connectivity index is 1.44. The molecule has 0 aromatic heterocycles. The molecule has 0 saturated carbocycles. The molecule has 3 rings (SSSR count). The first-order valence-electron chi connectivity index (χ1n) is 11.3. The molecular weight excluding hydrogens is 438 g/mol. The van der Waals surface area contributed by atoms with Crippen LogP contribution >= 0.6 is 0 Å². The van der Waals surface area contributed by atoms with Crippen LogP contribution in [0.2, 0.25) is 0 Å². The number of methoxy groups -OCH3 is 1. The predicted molar refractivity (Wildman–Crippen MR) is 133 cm³/mol. The number of anilines is 2. The monoisotopic (exact) mass is 471 g/mol. The summed E-state index contributed by atoms with van der Waals surface area (Å²) in [4.78, 5) is 29.4. The van der Waals surface area contributed by atoms with E-state index in [1.807, 2.05) is 18.2 Å². The highest BCUT2D eigenvalue weighted by Crippen LogP contribution is 2.28. The maximum absolute atomic E-state index is 12.7. The number of para-hydroxylation sites is 2. The number of amides is 1. The number of ether oxygens (including phenoxy) is 1. The van der Waals surface area contributed by atoms with Crippen molar-refractivity contribution in [2.75, 3.05) is 56.3 Å². The lowest BCUT2D eigenvalue weighted by Crippen LogP contribution is -2.46. The zero-order chi connectivity index (χ0) is 23.8. The SMILES string of the molecule is COc1ccccc1N1CCN(CCCCC(=O)c2ccc(S(C)=O)c(NC(C)=O)c2)CC1. The smallest absolute Gasteiger partial charge is 0.221 e.